The molecule has 0 aromatic heterocycles. The average Bonchev–Trinajstić information content (AvgIpc) is 2.54. The van der Waals surface area contributed by atoms with Gasteiger partial charge in [0.1, 0.15) is 0 Å². The lowest BCUT2D eigenvalue weighted by molar-refractivity contribution is 0.0608. The summed E-state index contributed by atoms with van der Waals surface area (Å²) in [4.78, 5) is 0. The predicted octanol–water partition coefficient (Wildman–Crippen LogP) is 0.968. The smallest absolute Gasteiger partial charge is 0.151 e. The molecule has 96 valence electrons. The van der Waals surface area contributed by atoms with Crippen LogP contribution in [0.3, 0.4) is 0 Å². The van der Waals surface area contributed by atoms with E-state index in [9.17, 15) is 8.42 Å². The Kier molecular flexibility index (Phi) is 5.72. The Labute approximate surface area is 98.7 Å². The normalized spacial score (nSPS) is 25.8. The van der Waals surface area contributed by atoms with Crippen molar-refractivity contribution in [1.29, 1.82) is 0 Å². The topological polar surface area (TPSA) is 55.4 Å². The maximum atomic E-state index is 11.2. The molecule has 2 unspecified atom stereocenters. The molecule has 2 atom stereocenters. The first-order valence-electron chi connectivity index (χ1n) is 6.09. The van der Waals surface area contributed by atoms with Gasteiger partial charge >= 0.3 is 0 Å². The maximum Gasteiger partial charge on any atom is 0.151 e. The Bertz CT molecular complexity index is 290. The summed E-state index contributed by atoms with van der Waals surface area (Å²) >= 11 is 0. The SMILES string of the molecule is CCCC(C)OCCNC1CCS(=O)(=O)C1. The monoisotopic (exact) mass is 249 g/mol. The quantitative estimate of drug-likeness (QED) is 0.683. The van der Waals surface area contributed by atoms with E-state index < -0.39 is 9.84 Å². The highest BCUT2D eigenvalue weighted by Crippen LogP contribution is 2.10. The van der Waals surface area contributed by atoms with Crippen LogP contribution in [0.4, 0.5) is 0 Å². The average molecular weight is 249 g/mol. The number of sulfone groups is 1. The van der Waals surface area contributed by atoms with Crippen LogP contribution in [0.2, 0.25) is 0 Å². The molecule has 0 aromatic carbocycles. The van der Waals surface area contributed by atoms with Gasteiger partial charge in [0, 0.05) is 12.6 Å². The lowest BCUT2D eigenvalue weighted by Gasteiger charge is -2.14. The molecule has 5 heteroatoms. The first kappa shape index (κ1) is 13.9. The summed E-state index contributed by atoms with van der Waals surface area (Å²) in [5, 5.41) is 3.23. The molecule has 0 aromatic rings. The zero-order chi connectivity index (χ0) is 12.0. The van der Waals surface area contributed by atoms with Crippen molar-refractivity contribution in [3.8, 4) is 0 Å². The van der Waals surface area contributed by atoms with Crippen LogP contribution in [0.15, 0.2) is 0 Å². The van der Waals surface area contributed by atoms with E-state index in [1.54, 1.807) is 0 Å². The predicted molar refractivity (Wildman–Crippen MR) is 65.4 cm³/mol. The number of rotatable bonds is 7. The van der Waals surface area contributed by atoms with Crippen molar-refractivity contribution >= 4 is 9.84 Å². The van der Waals surface area contributed by atoms with Crippen LogP contribution < -0.4 is 5.32 Å². The van der Waals surface area contributed by atoms with Gasteiger partial charge in [-0.15, -0.1) is 0 Å². The highest BCUT2D eigenvalue weighted by Gasteiger charge is 2.26. The van der Waals surface area contributed by atoms with Crippen LogP contribution in [-0.4, -0.2) is 45.2 Å². The van der Waals surface area contributed by atoms with E-state index in [-0.39, 0.29) is 11.8 Å². The first-order chi connectivity index (χ1) is 7.53. The molecular formula is C11H23NO3S. The van der Waals surface area contributed by atoms with Crippen molar-refractivity contribution in [3.63, 3.8) is 0 Å². The van der Waals surface area contributed by atoms with Gasteiger partial charge in [0.25, 0.3) is 0 Å². The fraction of sp³-hybridized carbons (Fsp3) is 1.00. The number of hydrogen-bond donors (Lipinski definition) is 1. The fourth-order valence-corrected chi connectivity index (χ4v) is 3.68. The van der Waals surface area contributed by atoms with E-state index in [1.165, 1.54) is 0 Å². The van der Waals surface area contributed by atoms with E-state index in [4.69, 9.17) is 4.74 Å². The van der Waals surface area contributed by atoms with Crippen LogP contribution in [-0.2, 0) is 14.6 Å². The van der Waals surface area contributed by atoms with Crippen molar-refractivity contribution in [2.75, 3.05) is 24.7 Å². The second-order valence-electron chi connectivity index (χ2n) is 4.52. The molecule has 1 N–H and O–H groups in total. The zero-order valence-corrected chi connectivity index (χ0v) is 11.1. The minimum atomic E-state index is -2.76. The third-order valence-electron chi connectivity index (χ3n) is 2.87. The highest BCUT2D eigenvalue weighted by molar-refractivity contribution is 7.91. The Morgan fingerprint density at radius 3 is 2.81 bits per heavy atom. The summed E-state index contributed by atoms with van der Waals surface area (Å²) in [6.07, 6.45) is 3.26. The molecule has 1 heterocycles. The van der Waals surface area contributed by atoms with E-state index in [1.807, 2.05) is 0 Å². The molecule has 16 heavy (non-hydrogen) atoms. The molecule has 1 fully saturated rings. The minimum Gasteiger partial charge on any atom is -0.377 e. The fourth-order valence-electron chi connectivity index (χ4n) is 1.97. The number of ether oxygens (including phenoxy) is 1. The van der Waals surface area contributed by atoms with Crippen LogP contribution >= 0.6 is 0 Å². The van der Waals surface area contributed by atoms with E-state index in [0.29, 0.717) is 18.5 Å². The van der Waals surface area contributed by atoms with E-state index in [2.05, 4.69) is 19.2 Å². The van der Waals surface area contributed by atoms with E-state index in [0.717, 1.165) is 25.8 Å². The van der Waals surface area contributed by atoms with Crippen LogP contribution in [0.5, 0.6) is 0 Å². The van der Waals surface area contributed by atoms with Crippen molar-refractivity contribution < 1.29 is 13.2 Å². The Morgan fingerprint density at radius 2 is 2.25 bits per heavy atom. The van der Waals surface area contributed by atoms with Gasteiger partial charge in [-0.1, -0.05) is 13.3 Å². The summed E-state index contributed by atoms with van der Waals surface area (Å²) < 4.78 is 28.0. The maximum absolute atomic E-state index is 11.2. The molecule has 0 saturated carbocycles. The lowest BCUT2D eigenvalue weighted by atomic mass is 10.2. The van der Waals surface area contributed by atoms with Crippen LogP contribution in [0.1, 0.15) is 33.1 Å². The van der Waals surface area contributed by atoms with Crippen LogP contribution in [0.25, 0.3) is 0 Å². The molecule has 1 aliphatic rings. The summed E-state index contributed by atoms with van der Waals surface area (Å²) in [5.41, 5.74) is 0. The minimum absolute atomic E-state index is 0.134. The zero-order valence-electron chi connectivity index (χ0n) is 10.2. The van der Waals surface area contributed by atoms with Crippen molar-refractivity contribution in [2.45, 2.75) is 45.3 Å². The molecular weight excluding hydrogens is 226 g/mol. The van der Waals surface area contributed by atoms with Gasteiger partial charge in [-0.2, -0.15) is 0 Å². The van der Waals surface area contributed by atoms with Gasteiger partial charge in [-0.05, 0) is 19.8 Å². The largest absolute Gasteiger partial charge is 0.377 e. The van der Waals surface area contributed by atoms with E-state index >= 15 is 0 Å². The summed E-state index contributed by atoms with van der Waals surface area (Å²) in [6.45, 7) is 5.62. The van der Waals surface area contributed by atoms with Gasteiger partial charge < -0.3 is 10.1 Å². The molecule has 0 amide bonds. The van der Waals surface area contributed by atoms with Gasteiger partial charge in [0.15, 0.2) is 9.84 Å². The molecule has 0 radical (unpaired) electrons. The Morgan fingerprint density at radius 1 is 1.50 bits per heavy atom. The molecule has 1 aliphatic heterocycles. The number of nitrogens with one attached hydrogen (secondary N) is 1. The molecule has 1 rings (SSSR count). The molecule has 0 bridgehead atoms. The molecule has 1 saturated heterocycles. The first-order valence-corrected chi connectivity index (χ1v) is 7.91. The Hall–Kier alpha value is -0.130. The lowest BCUT2D eigenvalue weighted by Crippen LogP contribution is -2.33. The van der Waals surface area contributed by atoms with Crippen molar-refractivity contribution in [3.05, 3.63) is 0 Å². The van der Waals surface area contributed by atoms with Gasteiger partial charge in [0.2, 0.25) is 0 Å². The molecule has 4 nitrogen and oxygen atoms in total. The van der Waals surface area contributed by atoms with Gasteiger partial charge in [0.05, 0.1) is 24.2 Å². The van der Waals surface area contributed by atoms with Gasteiger partial charge in [-0.25, -0.2) is 8.42 Å². The summed E-state index contributed by atoms with van der Waals surface area (Å²) in [7, 11) is -2.76. The number of hydrogen-bond acceptors (Lipinski definition) is 4. The molecule has 0 aliphatic carbocycles. The second-order valence-corrected chi connectivity index (χ2v) is 6.75. The summed E-state index contributed by atoms with van der Waals surface area (Å²) in [5.74, 6) is 0.620. The van der Waals surface area contributed by atoms with Crippen LogP contribution in [0, 0.1) is 0 Å². The Balaban J connectivity index is 2.04. The highest BCUT2D eigenvalue weighted by atomic mass is 32.2. The second kappa shape index (κ2) is 6.57. The molecule has 0 spiro atoms. The van der Waals surface area contributed by atoms with Crippen molar-refractivity contribution in [2.24, 2.45) is 0 Å². The van der Waals surface area contributed by atoms with Crippen molar-refractivity contribution in [1.82, 2.24) is 5.32 Å². The third-order valence-corrected chi connectivity index (χ3v) is 4.63. The third kappa shape index (κ3) is 5.27. The van der Waals surface area contributed by atoms with Gasteiger partial charge in [-0.3, -0.25) is 0 Å². The standard InChI is InChI=1S/C11H23NO3S/c1-3-4-10(2)15-7-6-12-11-5-8-16(13,14)9-11/h10-12H,3-9H2,1-2H3. The summed E-state index contributed by atoms with van der Waals surface area (Å²) in [6, 6.07) is 0.134.